The highest BCUT2D eigenvalue weighted by atomic mass is 35.5. The highest BCUT2D eigenvalue weighted by molar-refractivity contribution is 7.91. The van der Waals surface area contributed by atoms with Gasteiger partial charge in [-0.3, -0.25) is 14.5 Å². The van der Waals surface area contributed by atoms with E-state index < -0.39 is 20.4 Å². The lowest BCUT2D eigenvalue weighted by Gasteiger charge is -2.12. The van der Waals surface area contributed by atoms with E-state index in [2.05, 4.69) is 20.2 Å². The predicted octanol–water partition coefficient (Wildman–Crippen LogP) is 3.52. The molecule has 1 saturated carbocycles. The van der Waals surface area contributed by atoms with E-state index >= 15 is 0 Å². The monoisotopic (exact) mass is 460 g/mol. The van der Waals surface area contributed by atoms with Crippen LogP contribution in [-0.2, 0) is 9.84 Å². The maximum atomic E-state index is 12.9. The van der Waals surface area contributed by atoms with Crippen LogP contribution in [0.5, 0.6) is 0 Å². The molecule has 0 unspecified atom stereocenters. The minimum atomic E-state index is -3.70. The largest absolute Gasteiger partial charge is 0.345 e. The molecule has 1 aliphatic rings. The quantitative estimate of drug-likeness (QED) is 0.355. The van der Waals surface area contributed by atoms with Gasteiger partial charge >= 0.3 is 0 Å². The van der Waals surface area contributed by atoms with Crippen LogP contribution in [0.1, 0.15) is 31.0 Å². The van der Waals surface area contributed by atoms with Crippen molar-refractivity contribution in [2.24, 2.45) is 5.92 Å². The average Bonchev–Trinajstić information content (AvgIpc) is 3.45. The topological polar surface area (TPSA) is 136 Å². The second-order valence-electron chi connectivity index (χ2n) is 7.75. The van der Waals surface area contributed by atoms with E-state index in [1.807, 2.05) is 10.5 Å². The van der Waals surface area contributed by atoms with Crippen molar-refractivity contribution in [1.82, 2.24) is 24.6 Å². The normalized spacial score (nSPS) is 19.4. The fraction of sp³-hybridized carbons (Fsp3) is 0.316. The molecule has 0 spiro atoms. The number of sulfone groups is 1. The average molecular weight is 461 g/mol. The third-order valence-corrected chi connectivity index (χ3v) is 8.00. The number of nitrogens with one attached hydrogen (secondary N) is 1. The van der Waals surface area contributed by atoms with E-state index in [1.165, 1.54) is 12.1 Å². The Labute approximate surface area is 181 Å². The van der Waals surface area contributed by atoms with Crippen LogP contribution in [0.4, 0.5) is 5.69 Å². The molecule has 1 aromatic carbocycles. The van der Waals surface area contributed by atoms with Crippen molar-refractivity contribution in [1.29, 1.82) is 0 Å². The van der Waals surface area contributed by atoms with Crippen molar-refractivity contribution < 1.29 is 13.3 Å². The van der Waals surface area contributed by atoms with Gasteiger partial charge in [-0.2, -0.15) is 0 Å². The summed E-state index contributed by atoms with van der Waals surface area (Å²) < 4.78 is 27.8. The van der Waals surface area contributed by atoms with Crippen molar-refractivity contribution >= 4 is 43.9 Å². The van der Waals surface area contributed by atoms with Gasteiger partial charge in [0.25, 0.3) is 5.69 Å². The number of H-pyrrole nitrogens is 1. The molecule has 31 heavy (non-hydrogen) atoms. The van der Waals surface area contributed by atoms with Crippen LogP contribution >= 0.6 is 11.6 Å². The second-order valence-corrected chi connectivity index (χ2v) is 10.2. The van der Waals surface area contributed by atoms with Gasteiger partial charge in [0, 0.05) is 18.2 Å². The summed E-state index contributed by atoms with van der Waals surface area (Å²) in [6.45, 7) is 0. The Kier molecular flexibility index (Phi) is 4.67. The number of hydrogen-bond donors (Lipinski definition) is 1. The molecule has 0 bridgehead atoms. The lowest BCUT2D eigenvalue weighted by Crippen LogP contribution is -2.15. The van der Waals surface area contributed by atoms with Crippen molar-refractivity contribution in [3.05, 3.63) is 57.6 Å². The van der Waals surface area contributed by atoms with Crippen LogP contribution in [0.3, 0.4) is 0 Å². The molecule has 4 aromatic rings. The third-order valence-electron chi connectivity index (χ3n) is 5.80. The van der Waals surface area contributed by atoms with E-state index in [0.29, 0.717) is 12.1 Å². The molecule has 3 heterocycles. The molecule has 1 aliphatic carbocycles. The maximum absolute atomic E-state index is 12.9. The van der Waals surface area contributed by atoms with Crippen LogP contribution in [-0.4, -0.2) is 43.7 Å². The lowest BCUT2D eigenvalue weighted by atomic mass is 10.1. The summed E-state index contributed by atoms with van der Waals surface area (Å²) in [4.78, 5) is 17.7. The Bertz CT molecular complexity index is 1430. The highest BCUT2D eigenvalue weighted by Gasteiger charge is 2.33. The first-order valence-corrected chi connectivity index (χ1v) is 11.7. The molecule has 0 amide bonds. The zero-order valence-electron chi connectivity index (χ0n) is 16.1. The van der Waals surface area contributed by atoms with Crippen molar-refractivity contribution in [3.63, 3.8) is 0 Å². The summed E-state index contributed by atoms with van der Waals surface area (Å²) >= 11 is 5.81. The minimum Gasteiger partial charge on any atom is -0.345 e. The fourth-order valence-corrected chi connectivity index (χ4v) is 6.22. The molecule has 12 heteroatoms. The minimum absolute atomic E-state index is 0.0650. The number of aromatic amines is 1. The summed E-state index contributed by atoms with van der Waals surface area (Å²) in [5, 5.41) is 19.6. The van der Waals surface area contributed by atoms with Gasteiger partial charge in [0.05, 0.1) is 27.3 Å². The van der Waals surface area contributed by atoms with Crippen LogP contribution in [0.2, 0.25) is 5.02 Å². The van der Waals surface area contributed by atoms with Crippen LogP contribution in [0.25, 0.3) is 16.8 Å². The molecule has 3 aromatic heterocycles. The Hall–Kier alpha value is -3.05. The second kappa shape index (κ2) is 7.27. The van der Waals surface area contributed by atoms with Gasteiger partial charge in [-0.25, -0.2) is 13.4 Å². The van der Waals surface area contributed by atoms with Crippen molar-refractivity contribution in [3.8, 4) is 0 Å². The zero-order chi connectivity index (χ0) is 21.8. The van der Waals surface area contributed by atoms with E-state index in [9.17, 15) is 18.5 Å². The van der Waals surface area contributed by atoms with E-state index in [1.54, 1.807) is 12.4 Å². The van der Waals surface area contributed by atoms with E-state index in [-0.39, 0.29) is 27.5 Å². The Morgan fingerprint density at radius 2 is 2.10 bits per heavy atom. The van der Waals surface area contributed by atoms with Gasteiger partial charge in [-0.15, -0.1) is 10.2 Å². The first-order chi connectivity index (χ1) is 14.8. The van der Waals surface area contributed by atoms with Gasteiger partial charge in [0.1, 0.15) is 10.8 Å². The molecule has 0 radical (unpaired) electrons. The van der Waals surface area contributed by atoms with Gasteiger partial charge in [-0.1, -0.05) is 11.6 Å². The highest BCUT2D eigenvalue weighted by Crippen LogP contribution is 2.39. The molecule has 160 valence electrons. The maximum Gasteiger partial charge on any atom is 0.289 e. The standard InChI is InChI=1S/C19H17ClN6O4S/c20-14-4-3-13(8-16(14)26(27)28)31(29,30)10-11-1-2-12(7-11)19-24-23-17-9-22-18-15(25(17)19)5-6-21-18/h3-6,8-9,11-12,21H,1-2,7,10H2/t11-,12+/m0/s1. The number of halogens is 1. The predicted molar refractivity (Wildman–Crippen MR) is 113 cm³/mol. The number of nitrogens with zero attached hydrogens (tertiary/aromatic N) is 5. The fourth-order valence-electron chi connectivity index (χ4n) is 4.36. The SMILES string of the molecule is O=[N+]([O-])c1cc(S(=O)(=O)C[C@H]2CC[C@@H](c3nnc4cnc5[nH]ccc5n34)C2)ccc1Cl. The summed E-state index contributed by atoms with van der Waals surface area (Å²) in [6, 6.07) is 5.51. The number of rotatable bonds is 5. The molecule has 5 rings (SSSR count). The Morgan fingerprint density at radius 1 is 1.26 bits per heavy atom. The summed E-state index contributed by atoms with van der Waals surface area (Å²) in [5.41, 5.74) is 1.84. The molecule has 0 aliphatic heterocycles. The molecule has 10 nitrogen and oxygen atoms in total. The summed E-state index contributed by atoms with van der Waals surface area (Å²) in [7, 11) is -3.70. The Balaban J connectivity index is 1.39. The van der Waals surface area contributed by atoms with Crippen molar-refractivity contribution in [2.75, 3.05) is 5.75 Å². The van der Waals surface area contributed by atoms with Crippen LogP contribution in [0.15, 0.2) is 41.6 Å². The number of hydrogen-bond acceptors (Lipinski definition) is 7. The van der Waals surface area contributed by atoms with E-state index in [0.717, 1.165) is 35.9 Å². The van der Waals surface area contributed by atoms with Crippen LogP contribution in [0, 0.1) is 16.0 Å². The van der Waals surface area contributed by atoms with Crippen LogP contribution < -0.4 is 0 Å². The number of benzene rings is 1. The van der Waals surface area contributed by atoms with Gasteiger partial charge in [0.2, 0.25) is 0 Å². The van der Waals surface area contributed by atoms with Gasteiger partial charge in [0.15, 0.2) is 21.1 Å². The first-order valence-electron chi connectivity index (χ1n) is 9.67. The van der Waals surface area contributed by atoms with E-state index in [4.69, 9.17) is 11.6 Å². The zero-order valence-corrected chi connectivity index (χ0v) is 17.7. The smallest absolute Gasteiger partial charge is 0.289 e. The molecule has 1 fully saturated rings. The molecular formula is C19H17ClN6O4S. The number of aromatic nitrogens is 5. The number of nitro groups is 1. The molecule has 0 saturated heterocycles. The molecule has 2 atom stereocenters. The van der Waals surface area contributed by atoms with Gasteiger partial charge in [-0.05, 0) is 43.4 Å². The molecule has 1 N–H and O–H groups in total. The van der Waals surface area contributed by atoms with Crippen molar-refractivity contribution in [2.45, 2.75) is 30.1 Å². The third kappa shape index (κ3) is 3.43. The van der Waals surface area contributed by atoms with Gasteiger partial charge < -0.3 is 4.98 Å². The first kappa shape index (κ1) is 19.9. The lowest BCUT2D eigenvalue weighted by molar-refractivity contribution is -0.384. The number of nitro benzene ring substituents is 1. The summed E-state index contributed by atoms with van der Waals surface area (Å²) in [6.07, 6.45) is 5.60. The number of fused-ring (bicyclic) bond motifs is 3. The molecular weight excluding hydrogens is 444 g/mol. The Morgan fingerprint density at radius 3 is 2.90 bits per heavy atom. The summed E-state index contributed by atoms with van der Waals surface area (Å²) in [5.74, 6) is 0.695.